The maximum atomic E-state index is 11.8. The summed E-state index contributed by atoms with van der Waals surface area (Å²) >= 11 is 0. The van der Waals surface area contributed by atoms with E-state index in [0.717, 1.165) is 6.07 Å². The van der Waals surface area contributed by atoms with Crippen LogP contribution in [0.3, 0.4) is 0 Å². The summed E-state index contributed by atoms with van der Waals surface area (Å²) in [5.41, 5.74) is -0.304. The highest BCUT2D eigenvalue weighted by Crippen LogP contribution is 2.14. The third-order valence-corrected chi connectivity index (χ3v) is 2.18. The highest BCUT2D eigenvalue weighted by molar-refractivity contribution is 5.96. The Bertz CT molecular complexity index is 407. The van der Waals surface area contributed by atoms with Crippen molar-refractivity contribution in [2.24, 2.45) is 0 Å². The molecule has 0 aliphatic rings. The van der Waals surface area contributed by atoms with E-state index in [9.17, 15) is 14.7 Å². The largest absolute Gasteiger partial charge is 0.507 e. The SMILES string of the molecule is CCN(CC)C(=O)c1c[nH]c(=O)cc1O. The van der Waals surface area contributed by atoms with Gasteiger partial charge in [-0.3, -0.25) is 9.59 Å². The molecule has 1 amide bonds. The lowest BCUT2D eigenvalue weighted by Crippen LogP contribution is -2.31. The molecule has 0 radical (unpaired) electrons. The summed E-state index contributed by atoms with van der Waals surface area (Å²) in [4.78, 5) is 26.5. The molecule has 0 atom stereocenters. The third-order valence-electron chi connectivity index (χ3n) is 2.18. The van der Waals surface area contributed by atoms with Crippen LogP contribution in [0.25, 0.3) is 0 Å². The van der Waals surface area contributed by atoms with Crippen LogP contribution in [0.2, 0.25) is 0 Å². The first-order valence-electron chi connectivity index (χ1n) is 4.81. The molecular formula is C10H14N2O3. The van der Waals surface area contributed by atoms with Crippen molar-refractivity contribution in [3.05, 3.63) is 28.2 Å². The first-order valence-corrected chi connectivity index (χ1v) is 4.81. The van der Waals surface area contributed by atoms with E-state index in [-0.39, 0.29) is 17.2 Å². The van der Waals surface area contributed by atoms with Crippen molar-refractivity contribution in [3.8, 4) is 5.75 Å². The molecule has 2 N–H and O–H groups in total. The van der Waals surface area contributed by atoms with Crippen molar-refractivity contribution in [1.82, 2.24) is 9.88 Å². The van der Waals surface area contributed by atoms with Gasteiger partial charge >= 0.3 is 0 Å². The lowest BCUT2D eigenvalue weighted by molar-refractivity contribution is 0.0769. The number of aromatic hydroxyl groups is 1. The summed E-state index contributed by atoms with van der Waals surface area (Å²) in [6, 6.07) is 0.997. The molecule has 1 aromatic heterocycles. The average Bonchev–Trinajstić information content (AvgIpc) is 2.19. The smallest absolute Gasteiger partial charge is 0.259 e. The highest BCUT2D eigenvalue weighted by Gasteiger charge is 2.16. The van der Waals surface area contributed by atoms with E-state index in [0.29, 0.717) is 13.1 Å². The average molecular weight is 210 g/mol. The summed E-state index contributed by atoms with van der Waals surface area (Å²) < 4.78 is 0. The van der Waals surface area contributed by atoms with Crippen LogP contribution in [0.5, 0.6) is 5.75 Å². The molecule has 0 aromatic carbocycles. The molecule has 0 unspecified atom stereocenters. The van der Waals surface area contributed by atoms with Crippen LogP contribution in [-0.2, 0) is 0 Å². The minimum Gasteiger partial charge on any atom is -0.507 e. The molecule has 5 nitrogen and oxygen atoms in total. The van der Waals surface area contributed by atoms with Crippen molar-refractivity contribution in [3.63, 3.8) is 0 Å². The number of carbonyl (C=O) groups is 1. The number of aromatic nitrogens is 1. The molecule has 1 rings (SSSR count). The van der Waals surface area contributed by atoms with Gasteiger partial charge in [0.2, 0.25) is 0 Å². The van der Waals surface area contributed by atoms with E-state index in [2.05, 4.69) is 4.98 Å². The molecule has 1 aromatic rings. The monoisotopic (exact) mass is 210 g/mol. The first kappa shape index (κ1) is 11.3. The maximum Gasteiger partial charge on any atom is 0.259 e. The molecule has 0 fully saturated rings. The normalized spacial score (nSPS) is 10.0. The molecule has 0 saturated carbocycles. The van der Waals surface area contributed by atoms with E-state index < -0.39 is 5.56 Å². The summed E-state index contributed by atoms with van der Waals surface area (Å²) in [6.07, 6.45) is 1.23. The Kier molecular flexibility index (Phi) is 3.49. The van der Waals surface area contributed by atoms with Gasteiger partial charge in [-0.05, 0) is 13.8 Å². The van der Waals surface area contributed by atoms with Crippen molar-refractivity contribution in [2.45, 2.75) is 13.8 Å². The molecule has 82 valence electrons. The summed E-state index contributed by atoms with van der Waals surface area (Å²) in [7, 11) is 0. The number of hydrogen-bond donors (Lipinski definition) is 2. The second kappa shape index (κ2) is 4.63. The van der Waals surface area contributed by atoms with E-state index in [1.54, 1.807) is 4.90 Å². The highest BCUT2D eigenvalue weighted by atomic mass is 16.3. The number of nitrogens with zero attached hydrogens (tertiary/aromatic N) is 1. The zero-order valence-electron chi connectivity index (χ0n) is 8.78. The van der Waals surface area contributed by atoms with Gasteiger partial charge in [0.15, 0.2) is 0 Å². The second-order valence-corrected chi connectivity index (χ2v) is 3.07. The van der Waals surface area contributed by atoms with Crippen LogP contribution in [0.4, 0.5) is 0 Å². The van der Waals surface area contributed by atoms with Gasteiger partial charge in [-0.25, -0.2) is 0 Å². The summed E-state index contributed by atoms with van der Waals surface area (Å²) in [6.45, 7) is 4.83. The number of rotatable bonds is 3. The quantitative estimate of drug-likeness (QED) is 0.765. The predicted molar refractivity (Wildman–Crippen MR) is 56.0 cm³/mol. The Morgan fingerprint density at radius 3 is 2.53 bits per heavy atom. The van der Waals surface area contributed by atoms with Gasteiger partial charge in [0.1, 0.15) is 5.75 Å². The molecule has 15 heavy (non-hydrogen) atoms. The van der Waals surface area contributed by atoms with Gasteiger partial charge in [-0.1, -0.05) is 0 Å². The second-order valence-electron chi connectivity index (χ2n) is 3.07. The maximum absolute atomic E-state index is 11.8. The Hall–Kier alpha value is -1.78. The van der Waals surface area contributed by atoms with Crippen molar-refractivity contribution in [2.75, 3.05) is 13.1 Å². The van der Waals surface area contributed by atoms with E-state index in [1.165, 1.54) is 6.20 Å². The topological polar surface area (TPSA) is 73.4 Å². The number of nitrogens with one attached hydrogen (secondary N) is 1. The van der Waals surface area contributed by atoms with Crippen molar-refractivity contribution in [1.29, 1.82) is 0 Å². The Labute approximate surface area is 87.4 Å². The van der Waals surface area contributed by atoms with Gasteiger partial charge in [0.05, 0.1) is 5.56 Å². The van der Waals surface area contributed by atoms with Gasteiger partial charge < -0.3 is 15.0 Å². The van der Waals surface area contributed by atoms with Gasteiger partial charge in [-0.2, -0.15) is 0 Å². The van der Waals surface area contributed by atoms with Gasteiger partial charge in [0.25, 0.3) is 11.5 Å². The Morgan fingerprint density at radius 1 is 1.47 bits per heavy atom. The minimum absolute atomic E-state index is 0.123. The van der Waals surface area contributed by atoms with Gasteiger partial charge in [0, 0.05) is 25.4 Å². The van der Waals surface area contributed by atoms with Crippen LogP contribution in [0.1, 0.15) is 24.2 Å². The molecule has 0 aliphatic carbocycles. The molecular weight excluding hydrogens is 196 g/mol. The third kappa shape index (κ3) is 2.37. The van der Waals surface area contributed by atoms with Crippen molar-refractivity contribution >= 4 is 5.91 Å². The molecule has 5 heteroatoms. The van der Waals surface area contributed by atoms with Crippen LogP contribution >= 0.6 is 0 Å². The predicted octanol–water partition coefficient (Wildman–Crippen LogP) is 0.562. The summed E-state index contributed by atoms with van der Waals surface area (Å²) in [5.74, 6) is -0.565. The molecule has 0 bridgehead atoms. The van der Waals surface area contributed by atoms with Crippen molar-refractivity contribution < 1.29 is 9.90 Å². The Balaban J connectivity index is 3.05. The fourth-order valence-electron chi connectivity index (χ4n) is 1.31. The fourth-order valence-corrected chi connectivity index (χ4v) is 1.31. The van der Waals surface area contributed by atoms with Crippen LogP contribution in [0.15, 0.2) is 17.1 Å². The number of aromatic amines is 1. The molecule has 0 saturated heterocycles. The zero-order chi connectivity index (χ0) is 11.4. The minimum atomic E-state index is -0.427. The molecule has 0 spiro atoms. The van der Waals surface area contributed by atoms with Crippen LogP contribution in [-0.4, -0.2) is 34.0 Å². The van der Waals surface area contributed by atoms with E-state index >= 15 is 0 Å². The standard InChI is InChI=1S/C10H14N2O3/c1-3-12(4-2)10(15)7-6-11-9(14)5-8(7)13/h5-6H,3-4H2,1-2H3,(H2,11,13,14). The first-order chi connectivity index (χ1) is 7.10. The van der Waals surface area contributed by atoms with Crippen LogP contribution < -0.4 is 5.56 Å². The van der Waals surface area contributed by atoms with Crippen LogP contribution in [0, 0.1) is 0 Å². The van der Waals surface area contributed by atoms with E-state index in [1.807, 2.05) is 13.8 Å². The number of carbonyl (C=O) groups excluding carboxylic acids is 1. The number of H-pyrrole nitrogens is 1. The summed E-state index contributed by atoms with van der Waals surface area (Å²) in [5, 5.41) is 9.43. The lowest BCUT2D eigenvalue weighted by Gasteiger charge is -2.18. The van der Waals surface area contributed by atoms with Gasteiger partial charge in [-0.15, -0.1) is 0 Å². The number of amides is 1. The van der Waals surface area contributed by atoms with E-state index in [4.69, 9.17) is 0 Å². The molecule has 1 heterocycles. The number of hydrogen-bond acceptors (Lipinski definition) is 3. The lowest BCUT2D eigenvalue weighted by atomic mass is 10.2. The molecule has 0 aliphatic heterocycles. The fraction of sp³-hybridized carbons (Fsp3) is 0.400. The number of pyridine rings is 1. The zero-order valence-corrected chi connectivity index (χ0v) is 8.78. The Morgan fingerprint density at radius 2 is 2.07 bits per heavy atom.